The first-order valence-electron chi connectivity index (χ1n) is 15.2. The van der Waals surface area contributed by atoms with Crippen LogP contribution in [-0.2, 0) is 16.6 Å². The Morgan fingerprint density at radius 1 is 1.22 bits per heavy atom. The smallest absolute Gasteiger partial charge is 0.372 e. The molecule has 0 unspecified atom stereocenters. The number of aliphatic hydroxyl groups excluding tert-OH is 1. The second kappa shape index (κ2) is 10.4. The first-order chi connectivity index (χ1) is 21.4. The summed E-state index contributed by atoms with van der Waals surface area (Å²) in [6.45, 7) is 4.20. The maximum atomic E-state index is 14.1. The van der Waals surface area contributed by atoms with E-state index in [9.17, 15) is 33.8 Å². The normalized spacial score (nSPS) is 33.3. The number of carboxylic acid groups (broad SMARTS) is 1. The monoisotopic (exact) mass is 633 g/mol. The van der Waals surface area contributed by atoms with Gasteiger partial charge in [-0.2, -0.15) is 10.4 Å². The van der Waals surface area contributed by atoms with E-state index in [4.69, 9.17) is 4.42 Å². The lowest BCUT2D eigenvalue weighted by Gasteiger charge is -2.61. The largest absolute Gasteiger partial charge is 0.475 e. The predicted molar refractivity (Wildman–Crippen MR) is 161 cm³/mol. The Labute approximate surface area is 263 Å². The van der Waals surface area contributed by atoms with Crippen molar-refractivity contribution in [2.45, 2.75) is 63.9 Å². The molecule has 3 saturated carbocycles. The number of carbonyl (C=O) groups excluding carboxylic acids is 1. The lowest BCUT2D eigenvalue weighted by atomic mass is 9.44. The van der Waals surface area contributed by atoms with Crippen molar-refractivity contribution in [3.05, 3.63) is 76.5 Å². The minimum Gasteiger partial charge on any atom is -0.475 e. The van der Waals surface area contributed by atoms with Crippen LogP contribution in [0.2, 0.25) is 0 Å². The Balaban J connectivity index is 1.28. The lowest BCUT2D eigenvalue weighted by Crippen LogP contribution is -2.60. The summed E-state index contributed by atoms with van der Waals surface area (Å²) < 4.78 is 35.1. The van der Waals surface area contributed by atoms with Crippen LogP contribution in [0.4, 0.5) is 8.78 Å². The molecule has 0 aliphatic heterocycles. The van der Waals surface area contributed by atoms with E-state index in [1.54, 1.807) is 16.9 Å². The molecule has 4 aliphatic rings. The Bertz CT molecular complexity index is 1790. The van der Waals surface area contributed by atoms with Crippen molar-refractivity contribution in [2.75, 3.05) is 5.75 Å². The molecule has 45 heavy (non-hydrogen) atoms. The molecule has 3 aromatic rings. The van der Waals surface area contributed by atoms with Gasteiger partial charge in [-0.15, -0.1) is 0 Å². The number of hydrogen-bond donors (Lipinski definition) is 2. The number of aromatic nitrogens is 2. The molecule has 0 saturated heterocycles. The number of halogens is 2. The first-order valence-corrected chi connectivity index (χ1v) is 16.2. The van der Waals surface area contributed by atoms with Gasteiger partial charge in [0.2, 0.25) is 10.9 Å². The summed E-state index contributed by atoms with van der Waals surface area (Å²) in [5.74, 6) is -2.99. The quantitative estimate of drug-likeness (QED) is 0.334. The van der Waals surface area contributed by atoms with Gasteiger partial charge in [-0.1, -0.05) is 31.2 Å². The fourth-order valence-electron chi connectivity index (χ4n) is 10.00. The molecule has 8 nitrogen and oxygen atoms in total. The van der Waals surface area contributed by atoms with Gasteiger partial charge >= 0.3 is 5.97 Å². The van der Waals surface area contributed by atoms with Gasteiger partial charge in [0.05, 0.1) is 47.2 Å². The zero-order valence-corrected chi connectivity index (χ0v) is 25.7. The highest BCUT2D eigenvalue weighted by Crippen LogP contribution is 2.71. The van der Waals surface area contributed by atoms with Gasteiger partial charge in [0.25, 0.3) is 0 Å². The maximum Gasteiger partial charge on any atom is 0.372 e. The van der Waals surface area contributed by atoms with Crippen molar-refractivity contribution in [2.24, 2.45) is 28.6 Å². The average Bonchev–Trinajstić information content (AvgIpc) is 3.69. The van der Waals surface area contributed by atoms with Crippen molar-refractivity contribution in [1.82, 2.24) is 9.78 Å². The molecule has 7 atom stereocenters. The summed E-state index contributed by atoms with van der Waals surface area (Å²) in [4.78, 5) is 26.4. The summed E-state index contributed by atoms with van der Waals surface area (Å²) >= 11 is 0.906. The number of allylic oxidation sites excluding steroid dienone is 1. The van der Waals surface area contributed by atoms with Gasteiger partial charge in [0.1, 0.15) is 11.6 Å². The molecule has 2 N–H and O–H groups in total. The van der Waals surface area contributed by atoms with Crippen LogP contribution in [0.25, 0.3) is 11.8 Å². The molecular formula is C34H33F2N3O5S. The summed E-state index contributed by atoms with van der Waals surface area (Å²) in [6, 6.07) is 6.94. The summed E-state index contributed by atoms with van der Waals surface area (Å²) in [5.41, 5.74) is 1.08. The van der Waals surface area contributed by atoms with Crippen molar-refractivity contribution in [3.63, 3.8) is 0 Å². The molecule has 1 aromatic carbocycles. The second-order valence-electron chi connectivity index (χ2n) is 13.5. The number of aromatic carboxylic acids is 1. The molecule has 0 spiro atoms. The molecule has 2 aromatic heterocycles. The lowest BCUT2D eigenvalue weighted by molar-refractivity contribution is -0.141. The number of benzene rings is 1. The second-order valence-corrected chi connectivity index (χ2v) is 14.5. The highest BCUT2D eigenvalue weighted by molar-refractivity contribution is 8.14. The maximum absolute atomic E-state index is 14.1. The standard InChI is InChI=1S/C34H33F2N3O5S/c1-32-15-18-17-38-39(22-13-20(35)12-21(36)14-22)26(18)11-19(32)3-4-23-24-5-7-34(31(43)45-10-8-37,25-6-9-44-29(25)30(41)42)33(24,2)16-27(40)28(23)32/h6,9,11-14,17,23-24,27-28,40H,3-5,7,10,15-16H2,1-2H3,(H,41,42)/t23-,24-,27-,28+,32-,33-,34+/m0/s1. The molecule has 3 fully saturated rings. The van der Waals surface area contributed by atoms with Gasteiger partial charge in [0.15, 0.2) is 0 Å². The number of rotatable bonds is 5. The van der Waals surface area contributed by atoms with Crippen molar-refractivity contribution in [1.29, 1.82) is 5.26 Å². The van der Waals surface area contributed by atoms with Gasteiger partial charge in [0, 0.05) is 11.6 Å². The molecule has 234 valence electrons. The third-order valence-electron chi connectivity index (χ3n) is 11.6. The number of aliphatic hydroxyl groups is 1. The molecule has 4 aliphatic carbocycles. The van der Waals surface area contributed by atoms with Crippen LogP contribution < -0.4 is 0 Å². The van der Waals surface area contributed by atoms with E-state index in [2.05, 4.69) is 18.1 Å². The van der Waals surface area contributed by atoms with Crippen LogP contribution in [0.15, 0.2) is 46.7 Å². The van der Waals surface area contributed by atoms with Gasteiger partial charge < -0.3 is 14.6 Å². The van der Waals surface area contributed by atoms with Crippen LogP contribution in [0.1, 0.15) is 73.3 Å². The SMILES string of the molecule is C[C@]12Cc3cnn(-c4cc(F)cc(F)c4)c3C=C1CC[C@@H]1[C@@H]2[C@@H](O)C[C@@]2(C)[C@H]1CC[C@]2(C(=O)SCC#N)c1ccoc1C(=O)O. The number of fused-ring (bicyclic) bond motifs is 6. The number of furan rings is 1. The topological polar surface area (TPSA) is 129 Å². The first kappa shape index (κ1) is 29.9. The van der Waals surface area contributed by atoms with Crippen LogP contribution in [0, 0.1) is 51.5 Å². The number of hydrogen-bond acceptors (Lipinski definition) is 7. The van der Waals surface area contributed by atoms with E-state index in [0.29, 0.717) is 36.9 Å². The van der Waals surface area contributed by atoms with Crippen LogP contribution in [0.3, 0.4) is 0 Å². The van der Waals surface area contributed by atoms with Crippen molar-refractivity contribution >= 4 is 28.9 Å². The fourth-order valence-corrected chi connectivity index (χ4v) is 10.9. The van der Waals surface area contributed by atoms with E-state index in [1.807, 2.05) is 13.0 Å². The summed E-state index contributed by atoms with van der Waals surface area (Å²) in [5, 5.41) is 35.7. The van der Waals surface area contributed by atoms with Crippen LogP contribution >= 0.6 is 11.8 Å². The van der Waals surface area contributed by atoms with Gasteiger partial charge in [-0.3, -0.25) is 4.79 Å². The minimum atomic E-state index is -1.26. The Hall–Kier alpha value is -3.75. The van der Waals surface area contributed by atoms with Crippen molar-refractivity contribution < 1.29 is 33.0 Å². The van der Waals surface area contributed by atoms with Crippen LogP contribution in [0.5, 0.6) is 0 Å². The third-order valence-corrected chi connectivity index (χ3v) is 12.5. The fraction of sp³-hybridized carbons (Fsp3) is 0.471. The molecular weight excluding hydrogens is 600 g/mol. The molecule has 7 rings (SSSR count). The zero-order valence-electron chi connectivity index (χ0n) is 24.9. The summed E-state index contributed by atoms with van der Waals surface area (Å²) in [6.07, 6.45) is 7.81. The molecule has 11 heteroatoms. The average molecular weight is 634 g/mol. The highest BCUT2D eigenvalue weighted by atomic mass is 32.2. The number of nitriles is 1. The van der Waals surface area contributed by atoms with E-state index >= 15 is 0 Å². The zero-order chi connectivity index (χ0) is 31.9. The number of thioether (sulfide) groups is 1. The Morgan fingerprint density at radius 2 is 1.98 bits per heavy atom. The van der Waals surface area contributed by atoms with E-state index in [1.165, 1.54) is 18.4 Å². The van der Waals surface area contributed by atoms with Gasteiger partial charge in [-0.05, 0) is 96.9 Å². The Morgan fingerprint density at radius 3 is 2.69 bits per heavy atom. The minimum absolute atomic E-state index is 0.0202. The highest BCUT2D eigenvalue weighted by Gasteiger charge is 2.70. The van der Waals surface area contributed by atoms with Gasteiger partial charge in [-0.25, -0.2) is 18.3 Å². The molecule has 0 radical (unpaired) electrons. The van der Waals surface area contributed by atoms with E-state index < -0.39 is 40.0 Å². The third kappa shape index (κ3) is 4.14. The molecule has 2 heterocycles. The van der Waals surface area contributed by atoms with Crippen LogP contribution in [-0.4, -0.2) is 42.9 Å². The number of carbonyl (C=O) groups is 2. The predicted octanol–water partition coefficient (Wildman–Crippen LogP) is 6.32. The van der Waals surface area contributed by atoms with Crippen molar-refractivity contribution in [3.8, 4) is 11.8 Å². The van der Waals surface area contributed by atoms with E-state index in [-0.39, 0.29) is 34.4 Å². The summed E-state index contributed by atoms with van der Waals surface area (Å²) in [7, 11) is 0. The number of nitrogens with zero attached hydrogens (tertiary/aromatic N) is 3. The Kier molecular flexibility index (Phi) is 6.91. The molecule has 0 bridgehead atoms. The molecule has 0 amide bonds. The van der Waals surface area contributed by atoms with E-state index in [0.717, 1.165) is 47.5 Å². The number of carboxylic acids is 1.